The standard InChI is InChI=1S/C24H30N6O/c1-2-3-13-20-29-21-22(18-11-7-8-12-19(18)28-23(21)25)30(20)15-14-26-24(31)27-16-17-9-5-4-6-10-17/h4-12,24,26-27,31H,2-3,13-16H2,1H3,(H2,25,28). The third-order valence-corrected chi connectivity index (χ3v) is 5.46. The van der Waals surface area contributed by atoms with Gasteiger partial charge in [0.1, 0.15) is 11.3 Å². The minimum Gasteiger partial charge on any atom is -0.382 e. The molecule has 1 atom stereocenters. The van der Waals surface area contributed by atoms with Crippen LogP contribution in [0.2, 0.25) is 0 Å². The lowest BCUT2D eigenvalue weighted by Gasteiger charge is -2.16. The van der Waals surface area contributed by atoms with Crippen LogP contribution in [0.4, 0.5) is 5.82 Å². The maximum atomic E-state index is 10.3. The molecule has 0 bridgehead atoms. The van der Waals surface area contributed by atoms with Crippen molar-refractivity contribution in [2.24, 2.45) is 0 Å². The number of pyridine rings is 1. The molecule has 7 nitrogen and oxygen atoms in total. The van der Waals surface area contributed by atoms with Crippen LogP contribution in [0.5, 0.6) is 0 Å². The van der Waals surface area contributed by atoms with Gasteiger partial charge < -0.3 is 15.4 Å². The summed E-state index contributed by atoms with van der Waals surface area (Å²) in [6.45, 7) is 4.03. The molecule has 162 valence electrons. The van der Waals surface area contributed by atoms with Gasteiger partial charge in [0.2, 0.25) is 0 Å². The van der Waals surface area contributed by atoms with E-state index in [0.717, 1.165) is 52.6 Å². The van der Waals surface area contributed by atoms with E-state index in [0.29, 0.717) is 25.5 Å². The molecule has 2 heterocycles. The summed E-state index contributed by atoms with van der Waals surface area (Å²) in [7, 11) is 0. The Morgan fingerprint density at radius 2 is 1.81 bits per heavy atom. The number of nitrogens with zero attached hydrogens (tertiary/aromatic N) is 3. The van der Waals surface area contributed by atoms with Crippen molar-refractivity contribution < 1.29 is 5.11 Å². The summed E-state index contributed by atoms with van der Waals surface area (Å²) in [6.07, 6.45) is 2.24. The van der Waals surface area contributed by atoms with E-state index < -0.39 is 6.35 Å². The van der Waals surface area contributed by atoms with Crippen molar-refractivity contribution in [3.63, 3.8) is 0 Å². The second kappa shape index (κ2) is 9.87. The van der Waals surface area contributed by atoms with Crippen molar-refractivity contribution in [1.29, 1.82) is 0 Å². The molecule has 0 aliphatic rings. The van der Waals surface area contributed by atoms with E-state index in [1.165, 1.54) is 0 Å². The van der Waals surface area contributed by atoms with Crippen LogP contribution in [0.25, 0.3) is 21.9 Å². The normalized spacial score (nSPS) is 12.6. The zero-order valence-corrected chi connectivity index (χ0v) is 17.9. The van der Waals surface area contributed by atoms with Gasteiger partial charge >= 0.3 is 0 Å². The number of rotatable bonds is 10. The van der Waals surface area contributed by atoms with Gasteiger partial charge in [-0.2, -0.15) is 0 Å². The number of aryl methyl sites for hydroxylation is 1. The number of fused-ring (bicyclic) bond motifs is 3. The molecule has 0 amide bonds. The first kappa shape index (κ1) is 21.2. The highest BCUT2D eigenvalue weighted by Gasteiger charge is 2.17. The van der Waals surface area contributed by atoms with Crippen LogP contribution in [0.15, 0.2) is 54.6 Å². The first-order valence-electron chi connectivity index (χ1n) is 10.9. The van der Waals surface area contributed by atoms with Gasteiger partial charge in [0.15, 0.2) is 12.2 Å². The van der Waals surface area contributed by atoms with E-state index in [-0.39, 0.29) is 0 Å². The molecule has 0 saturated heterocycles. The van der Waals surface area contributed by atoms with Gasteiger partial charge in [0.05, 0.1) is 11.0 Å². The number of unbranched alkanes of at least 4 members (excludes halogenated alkanes) is 1. The minimum absolute atomic E-state index is 0.461. The number of nitrogen functional groups attached to an aromatic ring is 1. The van der Waals surface area contributed by atoms with Gasteiger partial charge in [-0.05, 0) is 18.1 Å². The molecule has 1 unspecified atom stereocenters. The zero-order valence-electron chi connectivity index (χ0n) is 17.9. The third kappa shape index (κ3) is 4.85. The lowest BCUT2D eigenvalue weighted by molar-refractivity contribution is 0.0989. The molecule has 4 aromatic rings. The van der Waals surface area contributed by atoms with Crippen molar-refractivity contribution in [3.8, 4) is 0 Å². The number of aliphatic hydroxyl groups excluding tert-OH is 1. The van der Waals surface area contributed by atoms with E-state index in [4.69, 9.17) is 10.7 Å². The summed E-state index contributed by atoms with van der Waals surface area (Å²) < 4.78 is 2.22. The Kier molecular flexibility index (Phi) is 6.76. The van der Waals surface area contributed by atoms with Crippen LogP contribution < -0.4 is 16.4 Å². The summed E-state index contributed by atoms with van der Waals surface area (Å²) in [5, 5.41) is 17.6. The Morgan fingerprint density at radius 3 is 2.61 bits per heavy atom. The third-order valence-electron chi connectivity index (χ3n) is 5.46. The topological polar surface area (TPSA) is 101 Å². The number of nitrogens with two attached hydrogens (primary N) is 1. The van der Waals surface area contributed by atoms with Crippen LogP contribution in [-0.2, 0) is 19.5 Å². The lowest BCUT2D eigenvalue weighted by Crippen LogP contribution is -2.43. The molecule has 2 aromatic heterocycles. The number of hydrogen-bond acceptors (Lipinski definition) is 6. The smallest absolute Gasteiger partial charge is 0.160 e. The van der Waals surface area contributed by atoms with Crippen LogP contribution in [-0.4, -0.2) is 32.5 Å². The molecule has 0 fully saturated rings. The van der Waals surface area contributed by atoms with Gasteiger partial charge in [-0.25, -0.2) is 9.97 Å². The van der Waals surface area contributed by atoms with Crippen LogP contribution in [0, 0.1) is 0 Å². The Hall–Kier alpha value is -3.00. The second-order valence-electron chi connectivity index (χ2n) is 7.72. The largest absolute Gasteiger partial charge is 0.382 e. The van der Waals surface area contributed by atoms with Crippen LogP contribution in [0.1, 0.15) is 31.2 Å². The molecule has 0 radical (unpaired) electrons. The molecule has 31 heavy (non-hydrogen) atoms. The number of anilines is 1. The molecular weight excluding hydrogens is 388 g/mol. The monoisotopic (exact) mass is 418 g/mol. The van der Waals surface area contributed by atoms with E-state index >= 15 is 0 Å². The second-order valence-corrected chi connectivity index (χ2v) is 7.72. The van der Waals surface area contributed by atoms with E-state index in [2.05, 4.69) is 33.2 Å². The van der Waals surface area contributed by atoms with E-state index in [9.17, 15) is 5.11 Å². The fraction of sp³-hybridized carbons (Fsp3) is 0.333. The molecule has 0 aliphatic carbocycles. The number of nitrogens with one attached hydrogen (secondary N) is 2. The molecule has 0 spiro atoms. The summed E-state index contributed by atoms with van der Waals surface area (Å²) in [5.41, 5.74) is 10.0. The van der Waals surface area contributed by atoms with Crippen molar-refractivity contribution in [2.45, 2.75) is 45.6 Å². The summed E-state index contributed by atoms with van der Waals surface area (Å²) in [4.78, 5) is 9.38. The highest BCUT2D eigenvalue weighted by Crippen LogP contribution is 2.29. The Morgan fingerprint density at radius 1 is 1.03 bits per heavy atom. The highest BCUT2D eigenvalue weighted by atomic mass is 16.3. The van der Waals surface area contributed by atoms with Crippen molar-refractivity contribution >= 4 is 27.8 Å². The average Bonchev–Trinajstić information content (AvgIpc) is 3.16. The van der Waals surface area contributed by atoms with E-state index in [1.54, 1.807) is 0 Å². The molecule has 0 saturated carbocycles. The van der Waals surface area contributed by atoms with Crippen LogP contribution in [0.3, 0.4) is 0 Å². The SMILES string of the molecule is CCCCc1nc2c(N)nc3ccccc3c2n1CCNC(O)NCc1ccccc1. The average molecular weight is 419 g/mol. The number of aliphatic hydroxyl groups is 1. The molecular formula is C24H30N6O. The first-order valence-corrected chi connectivity index (χ1v) is 10.9. The van der Waals surface area contributed by atoms with Crippen LogP contribution >= 0.6 is 0 Å². The summed E-state index contributed by atoms with van der Waals surface area (Å²) in [5.74, 6) is 1.47. The predicted octanol–water partition coefficient (Wildman–Crippen LogP) is 3.16. The summed E-state index contributed by atoms with van der Waals surface area (Å²) in [6, 6.07) is 18.0. The highest BCUT2D eigenvalue weighted by molar-refractivity contribution is 6.06. The molecule has 7 heteroatoms. The lowest BCUT2D eigenvalue weighted by atomic mass is 10.2. The minimum atomic E-state index is -0.794. The Labute approximate surface area is 182 Å². The van der Waals surface area contributed by atoms with Gasteiger partial charge in [-0.3, -0.25) is 10.6 Å². The van der Waals surface area contributed by atoms with Gasteiger partial charge in [-0.15, -0.1) is 0 Å². The maximum Gasteiger partial charge on any atom is 0.160 e. The number of imidazole rings is 1. The molecule has 2 aromatic carbocycles. The van der Waals surface area contributed by atoms with Crippen molar-refractivity contribution in [1.82, 2.24) is 25.2 Å². The molecule has 4 rings (SSSR count). The number of aromatic nitrogens is 3. The number of hydrogen-bond donors (Lipinski definition) is 4. The first-order chi connectivity index (χ1) is 15.2. The van der Waals surface area contributed by atoms with Crippen molar-refractivity contribution in [3.05, 3.63) is 66.0 Å². The van der Waals surface area contributed by atoms with Gasteiger partial charge in [0, 0.05) is 31.4 Å². The number of para-hydroxylation sites is 1. The maximum absolute atomic E-state index is 10.3. The van der Waals surface area contributed by atoms with E-state index in [1.807, 2.05) is 48.5 Å². The Balaban J connectivity index is 1.52. The van der Waals surface area contributed by atoms with Crippen molar-refractivity contribution in [2.75, 3.05) is 12.3 Å². The fourth-order valence-corrected chi connectivity index (χ4v) is 3.87. The predicted molar refractivity (Wildman–Crippen MR) is 125 cm³/mol. The quantitative estimate of drug-likeness (QED) is 0.295. The molecule has 0 aliphatic heterocycles. The Bertz CT molecular complexity index is 1140. The van der Waals surface area contributed by atoms with Gasteiger partial charge in [-0.1, -0.05) is 61.9 Å². The molecule has 5 N–H and O–H groups in total. The summed E-state index contributed by atoms with van der Waals surface area (Å²) >= 11 is 0. The number of benzene rings is 2. The van der Waals surface area contributed by atoms with Gasteiger partial charge in [0.25, 0.3) is 0 Å². The fourth-order valence-electron chi connectivity index (χ4n) is 3.87. The zero-order chi connectivity index (χ0) is 21.6.